The second-order valence-corrected chi connectivity index (χ2v) is 9.74. The molecule has 35 heavy (non-hydrogen) atoms. The van der Waals surface area contributed by atoms with E-state index in [9.17, 15) is 26.4 Å². The van der Waals surface area contributed by atoms with Crippen LogP contribution in [0.2, 0.25) is 0 Å². The molecule has 2 aromatic carbocycles. The molecule has 1 aromatic heterocycles. The van der Waals surface area contributed by atoms with Gasteiger partial charge in [0.05, 0.1) is 11.3 Å². The molecule has 7 nitrogen and oxygen atoms in total. The summed E-state index contributed by atoms with van der Waals surface area (Å²) >= 11 is 0. The molecule has 3 aromatic rings. The Balaban J connectivity index is 1.55. The van der Waals surface area contributed by atoms with Gasteiger partial charge in [-0.1, -0.05) is 24.3 Å². The molecule has 2 N–H and O–H groups in total. The van der Waals surface area contributed by atoms with Crippen LogP contribution in [-0.4, -0.2) is 31.1 Å². The first-order chi connectivity index (χ1) is 16.5. The number of hydrogen-bond donors (Lipinski definition) is 2. The quantitative estimate of drug-likeness (QED) is 0.486. The first-order valence-electron chi connectivity index (χ1n) is 10.7. The highest BCUT2D eigenvalue weighted by Gasteiger charge is 2.31. The minimum Gasteiger partial charge on any atom is -0.482 e. The highest BCUT2D eigenvalue weighted by Crippen LogP contribution is 2.36. The van der Waals surface area contributed by atoms with Crippen LogP contribution in [0.4, 0.5) is 13.2 Å². The predicted octanol–water partition coefficient (Wildman–Crippen LogP) is 4.59. The molecule has 1 heterocycles. The lowest BCUT2D eigenvalue weighted by Gasteiger charge is -2.27. The number of aliphatic carboxylic acids is 1. The highest BCUT2D eigenvalue weighted by atomic mass is 32.2. The number of alkyl halides is 3. The molecule has 0 spiro atoms. The van der Waals surface area contributed by atoms with Crippen molar-refractivity contribution in [3.63, 3.8) is 0 Å². The smallest absolute Gasteiger partial charge is 0.416 e. The Bertz CT molecular complexity index is 1340. The number of ether oxygens (including phenoxy) is 1. The topological polar surface area (TPSA) is 106 Å². The van der Waals surface area contributed by atoms with Crippen LogP contribution in [0.3, 0.4) is 0 Å². The number of fused-ring (bicyclic) bond motifs is 1. The molecule has 1 atom stereocenters. The molecule has 0 amide bonds. The Morgan fingerprint density at radius 2 is 1.91 bits per heavy atom. The number of carboxylic acids is 1. The number of pyridine rings is 1. The number of hydrogen-bond acceptors (Lipinski definition) is 5. The van der Waals surface area contributed by atoms with E-state index >= 15 is 0 Å². The van der Waals surface area contributed by atoms with E-state index in [1.807, 2.05) is 0 Å². The molecular formula is C24H21F3N2O5S. The van der Waals surface area contributed by atoms with E-state index in [4.69, 9.17) is 9.84 Å². The van der Waals surface area contributed by atoms with E-state index in [0.717, 1.165) is 23.9 Å². The Kier molecular flexibility index (Phi) is 6.82. The van der Waals surface area contributed by atoms with Crippen LogP contribution in [0.15, 0.2) is 65.7 Å². The normalized spacial score (nSPS) is 15.9. The molecular weight excluding hydrogens is 485 g/mol. The van der Waals surface area contributed by atoms with Gasteiger partial charge in [-0.3, -0.25) is 4.98 Å². The molecule has 0 saturated heterocycles. The maximum Gasteiger partial charge on any atom is 0.416 e. The van der Waals surface area contributed by atoms with Crippen molar-refractivity contribution >= 4 is 16.0 Å². The van der Waals surface area contributed by atoms with Crippen molar-refractivity contribution in [2.24, 2.45) is 0 Å². The standard InChI is InChI=1S/C24H21F3N2O5S/c25-24(26,27)16-5-1-4-15(12-16)20-11-10-17(13-28-20)35(32,33)29-21-8-2-7-19-18(21)6-3-9-22(19)34-14-23(30)31/h1,3-6,9-13,21,29H,2,7-8,14H2,(H,30,31). The summed E-state index contributed by atoms with van der Waals surface area (Å²) in [6.07, 6.45) is -1.58. The molecule has 11 heteroatoms. The summed E-state index contributed by atoms with van der Waals surface area (Å²) in [4.78, 5) is 14.8. The van der Waals surface area contributed by atoms with Crippen molar-refractivity contribution in [1.82, 2.24) is 9.71 Å². The fourth-order valence-electron chi connectivity index (χ4n) is 4.03. The van der Waals surface area contributed by atoms with E-state index in [2.05, 4.69) is 9.71 Å². The summed E-state index contributed by atoms with van der Waals surface area (Å²) < 4.78 is 73.1. The van der Waals surface area contributed by atoms with Gasteiger partial charge in [-0.2, -0.15) is 13.2 Å². The molecule has 1 aliphatic carbocycles. The fourth-order valence-corrected chi connectivity index (χ4v) is 5.23. The van der Waals surface area contributed by atoms with E-state index in [1.54, 1.807) is 18.2 Å². The third-order valence-electron chi connectivity index (χ3n) is 5.65. The van der Waals surface area contributed by atoms with Gasteiger partial charge in [0.2, 0.25) is 10.0 Å². The largest absolute Gasteiger partial charge is 0.482 e. The van der Waals surface area contributed by atoms with Crippen molar-refractivity contribution in [3.05, 3.63) is 77.5 Å². The zero-order valence-corrected chi connectivity index (χ0v) is 19.1. The van der Waals surface area contributed by atoms with E-state index in [1.165, 1.54) is 24.3 Å². The van der Waals surface area contributed by atoms with Crippen LogP contribution in [0, 0.1) is 0 Å². The summed E-state index contributed by atoms with van der Waals surface area (Å²) in [5.41, 5.74) is 1.06. The highest BCUT2D eigenvalue weighted by molar-refractivity contribution is 7.89. The van der Waals surface area contributed by atoms with Crippen molar-refractivity contribution in [3.8, 4) is 17.0 Å². The van der Waals surface area contributed by atoms with Crippen LogP contribution in [0.1, 0.15) is 35.6 Å². The van der Waals surface area contributed by atoms with Crippen molar-refractivity contribution in [2.75, 3.05) is 6.61 Å². The molecule has 0 bridgehead atoms. The zero-order chi connectivity index (χ0) is 25.2. The Morgan fingerprint density at radius 1 is 1.14 bits per heavy atom. The van der Waals surface area contributed by atoms with E-state index in [0.29, 0.717) is 30.6 Å². The number of nitrogens with one attached hydrogen (secondary N) is 1. The van der Waals surface area contributed by atoms with Gasteiger partial charge in [-0.15, -0.1) is 0 Å². The summed E-state index contributed by atoms with van der Waals surface area (Å²) in [5, 5.41) is 8.88. The lowest BCUT2D eigenvalue weighted by Crippen LogP contribution is -2.31. The van der Waals surface area contributed by atoms with Gasteiger partial charge in [0, 0.05) is 17.8 Å². The van der Waals surface area contributed by atoms with Gasteiger partial charge in [0.25, 0.3) is 0 Å². The first-order valence-corrected chi connectivity index (χ1v) is 12.2. The Hall–Kier alpha value is -3.44. The Morgan fingerprint density at radius 3 is 2.60 bits per heavy atom. The Labute approximate surface area is 199 Å². The fraction of sp³-hybridized carbons (Fsp3) is 0.250. The molecule has 0 saturated carbocycles. The number of benzene rings is 2. The van der Waals surface area contributed by atoms with Crippen LogP contribution in [-0.2, 0) is 27.4 Å². The molecule has 184 valence electrons. The molecule has 1 aliphatic rings. The summed E-state index contributed by atoms with van der Waals surface area (Å²) in [5.74, 6) is -0.711. The molecule has 4 rings (SSSR count). The summed E-state index contributed by atoms with van der Waals surface area (Å²) in [6, 6.07) is 11.8. The maximum absolute atomic E-state index is 13.0. The van der Waals surface area contributed by atoms with Crippen molar-refractivity contribution in [2.45, 2.75) is 36.4 Å². The number of carbonyl (C=O) groups is 1. The third-order valence-corrected chi connectivity index (χ3v) is 7.10. The molecule has 0 aliphatic heterocycles. The second-order valence-electron chi connectivity index (χ2n) is 8.03. The SMILES string of the molecule is O=C(O)COc1cccc2c1CCCC2NS(=O)(=O)c1ccc(-c2cccc(C(F)(F)F)c2)nc1. The van der Waals surface area contributed by atoms with Crippen molar-refractivity contribution < 1.29 is 36.2 Å². The number of carboxylic acid groups (broad SMARTS) is 1. The molecule has 0 radical (unpaired) electrons. The number of nitrogens with zero attached hydrogens (tertiary/aromatic N) is 1. The minimum absolute atomic E-state index is 0.126. The average molecular weight is 507 g/mol. The minimum atomic E-state index is -4.50. The number of aromatic nitrogens is 1. The summed E-state index contributed by atoms with van der Waals surface area (Å²) in [7, 11) is -4.00. The van der Waals surface area contributed by atoms with Gasteiger partial charge in [0.15, 0.2) is 6.61 Å². The number of halogens is 3. The maximum atomic E-state index is 13.0. The van der Waals surface area contributed by atoms with Crippen LogP contribution in [0.25, 0.3) is 11.3 Å². The third kappa shape index (κ3) is 5.63. The lowest BCUT2D eigenvalue weighted by molar-refractivity contribution is -0.139. The van der Waals surface area contributed by atoms with E-state index in [-0.39, 0.29) is 16.2 Å². The van der Waals surface area contributed by atoms with Crippen LogP contribution < -0.4 is 9.46 Å². The first kappa shape index (κ1) is 24.7. The monoisotopic (exact) mass is 506 g/mol. The van der Waals surface area contributed by atoms with Gasteiger partial charge >= 0.3 is 12.1 Å². The second kappa shape index (κ2) is 9.67. The number of rotatable bonds is 7. The van der Waals surface area contributed by atoms with Gasteiger partial charge in [-0.05, 0) is 60.7 Å². The van der Waals surface area contributed by atoms with E-state index < -0.39 is 40.4 Å². The lowest BCUT2D eigenvalue weighted by atomic mass is 9.87. The van der Waals surface area contributed by atoms with Crippen LogP contribution >= 0.6 is 0 Å². The van der Waals surface area contributed by atoms with Gasteiger partial charge in [-0.25, -0.2) is 17.9 Å². The average Bonchev–Trinajstić information content (AvgIpc) is 2.82. The van der Waals surface area contributed by atoms with Crippen LogP contribution in [0.5, 0.6) is 5.75 Å². The number of sulfonamides is 1. The van der Waals surface area contributed by atoms with Gasteiger partial charge in [0.1, 0.15) is 10.6 Å². The van der Waals surface area contributed by atoms with Gasteiger partial charge < -0.3 is 9.84 Å². The summed E-state index contributed by atoms with van der Waals surface area (Å²) in [6.45, 7) is -0.503. The zero-order valence-electron chi connectivity index (χ0n) is 18.2. The van der Waals surface area contributed by atoms with Crippen molar-refractivity contribution in [1.29, 1.82) is 0 Å². The molecule has 1 unspecified atom stereocenters. The molecule has 0 fully saturated rings. The predicted molar refractivity (Wildman–Crippen MR) is 120 cm³/mol.